The molecule has 2 aromatic rings. The predicted molar refractivity (Wildman–Crippen MR) is 90.7 cm³/mol. The van der Waals surface area contributed by atoms with Gasteiger partial charge in [-0.1, -0.05) is 28.1 Å². The first-order chi connectivity index (χ1) is 10.9. The van der Waals surface area contributed by atoms with Crippen molar-refractivity contribution >= 4 is 31.8 Å². The van der Waals surface area contributed by atoms with Crippen molar-refractivity contribution < 1.29 is 13.2 Å². The number of hydrogen-bond donors (Lipinski definition) is 1. The molecule has 0 spiro atoms. The lowest BCUT2D eigenvalue weighted by Crippen LogP contribution is -2.39. The van der Waals surface area contributed by atoms with Crippen molar-refractivity contribution in [3.63, 3.8) is 0 Å². The average molecular weight is 398 g/mol. The van der Waals surface area contributed by atoms with Gasteiger partial charge in [0.2, 0.25) is 10.0 Å². The van der Waals surface area contributed by atoms with Gasteiger partial charge in [-0.2, -0.15) is 0 Å². The van der Waals surface area contributed by atoms with Crippen LogP contribution in [-0.4, -0.2) is 33.1 Å². The summed E-state index contributed by atoms with van der Waals surface area (Å²) in [5, 5.41) is 5.30. The highest BCUT2D eigenvalue weighted by molar-refractivity contribution is 9.10. The van der Waals surface area contributed by atoms with Gasteiger partial charge >= 0.3 is 0 Å². The van der Waals surface area contributed by atoms with Crippen molar-refractivity contribution in [2.75, 3.05) is 24.6 Å². The molecule has 122 valence electrons. The van der Waals surface area contributed by atoms with E-state index in [0.29, 0.717) is 25.5 Å². The van der Waals surface area contributed by atoms with Crippen molar-refractivity contribution in [2.24, 2.45) is 5.14 Å². The molecule has 0 aliphatic carbocycles. The Morgan fingerprint density at radius 2 is 2.00 bits per heavy atom. The van der Waals surface area contributed by atoms with Gasteiger partial charge < -0.3 is 9.64 Å². The van der Waals surface area contributed by atoms with Gasteiger partial charge in [0, 0.05) is 23.8 Å². The molecule has 1 fully saturated rings. The number of nitrogens with zero attached hydrogens (tertiary/aromatic N) is 2. The smallest absolute Gasteiger partial charge is 0.241 e. The Hall–Kier alpha value is -1.48. The largest absolute Gasteiger partial charge is 0.370 e. The highest BCUT2D eigenvalue weighted by Crippen LogP contribution is 2.29. The van der Waals surface area contributed by atoms with Gasteiger partial charge in [0.1, 0.15) is 16.8 Å². The summed E-state index contributed by atoms with van der Waals surface area (Å²) in [6, 6.07) is 10.9. The molecular weight excluding hydrogens is 382 g/mol. The van der Waals surface area contributed by atoms with Crippen LogP contribution in [0.2, 0.25) is 0 Å². The van der Waals surface area contributed by atoms with E-state index in [0.717, 1.165) is 10.0 Å². The van der Waals surface area contributed by atoms with E-state index in [1.807, 2.05) is 29.2 Å². The molecule has 2 heterocycles. The van der Waals surface area contributed by atoms with Crippen LogP contribution in [0.5, 0.6) is 0 Å². The quantitative estimate of drug-likeness (QED) is 0.856. The van der Waals surface area contributed by atoms with Gasteiger partial charge in [0.15, 0.2) is 0 Å². The molecule has 8 heteroatoms. The number of morpholine rings is 1. The molecule has 23 heavy (non-hydrogen) atoms. The van der Waals surface area contributed by atoms with Gasteiger partial charge in [0.25, 0.3) is 0 Å². The number of primary sulfonamides is 1. The number of benzene rings is 1. The number of nitrogens with two attached hydrogens (primary N) is 1. The SMILES string of the molecule is NS(=O)(=O)c1cccnc1N1CCOC(c2ccc(Br)cc2)C1. The number of halogens is 1. The Kier molecular flexibility index (Phi) is 4.67. The summed E-state index contributed by atoms with van der Waals surface area (Å²) in [5.74, 6) is 0.375. The fourth-order valence-corrected chi connectivity index (χ4v) is 3.53. The lowest BCUT2D eigenvalue weighted by molar-refractivity contribution is 0.0393. The van der Waals surface area contributed by atoms with E-state index in [-0.39, 0.29) is 11.0 Å². The highest BCUT2D eigenvalue weighted by atomic mass is 79.9. The molecule has 1 atom stereocenters. The van der Waals surface area contributed by atoms with E-state index in [2.05, 4.69) is 20.9 Å². The molecule has 1 aliphatic rings. The first kappa shape index (κ1) is 16.4. The van der Waals surface area contributed by atoms with Crippen LogP contribution in [0, 0.1) is 0 Å². The van der Waals surface area contributed by atoms with E-state index in [1.54, 1.807) is 12.3 Å². The Balaban J connectivity index is 1.89. The van der Waals surface area contributed by atoms with Gasteiger partial charge in [-0.05, 0) is 29.8 Å². The van der Waals surface area contributed by atoms with Crippen LogP contribution in [0.3, 0.4) is 0 Å². The maximum Gasteiger partial charge on any atom is 0.241 e. The molecule has 1 unspecified atom stereocenters. The van der Waals surface area contributed by atoms with Gasteiger partial charge in [-0.3, -0.25) is 0 Å². The van der Waals surface area contributed by atoms with Crippen LogP contribution < -0.4 is 10.0 Å². The second-order valence-corrected chi connectivity index (χ2v) is 7.67. The first-order valence-electron chi connectivity index (χ1n) is 7.05. The van der Waals surface area contributed by atoms with E-state index in [1.165, 1.54) is 6.07 Å². The summed E-state index contributed by atoms with van der Waals surface area (Å²) >= 11 is 3.41. The molecule has 0 radical (unpaired) electrons. The summed E-state index contributed by atoms with van der Waals surface area (Å²) in [7, 11) is -3.82. The molecule has 0 amide bonds. The summed E-state index contributed by atoms with van der Waals surface area (Å²) in [6.45, 7) is 1.56. The molecule has 1 aromatic carbocycles. The topological polar surface area (TPSA) is 85.5 Å². The van der Waals surface area contributed by atoms with E-state index >= 15 is 0 Å². The lowest BCUT2D eigenvalue weighted by Gasteiger charge is -2.34. The van der Waals surface area contributed by atoms with E-state index in [4.69, 9.17) is 9.88 Å². The minimum atomic E-state index is -3.82. The van der Waals surface area contributed by atoms with E-state index in [9.17, 15) is 8.42 Å². The molecule has 0 saturated carbocycles. The summed E-state index contributed by atoms with van der Waals surface area (Å²) in [5.41, 5.74) is 1.03. The second kappa shape index (κ2) is 6.56. The minimum absolute atomic E-state index is 0.0384. The molecule has 6 nitrogen and oxygen atoms in total. The number of sulfonamides is 1. The van der Waals surface area contributed by atoms with Crippen molar-refractivity contribution in [3.05, 3.63) is 52.6 Å². The number of pyridine rings is 1. The molecule has 1 saturated heterocycles. The van der Waals surface area contributed by atoms with Crippen LogP contribution in [-0.2, 0) is 14.8 Å². The molecule has 1 aliphatic heterocycles. The Morgan fingerprint density at radius 1 is 1.26 bits per heavy atom. The van der Waals surface area contributed by atoms with Crippen molar-refractivity contribution in [1.82, 2.24) is 4.98 Å². The molecule has 0 bridgehead atoms. The van der Waals surface area contributed by atoms with Crippen LogP contribution in [0.25, 0.3) is 0 Å². The molecule has 3 rings (SSSR count). The van der Waals surface area contributed by atoms with Gasteiger partial charge in [-0.25, -0.2) is 18.5 Å². The standard InChI is InChI=1S/C15H16BrN3O3S/c16-12-5-3-11(4-6-12)13-10-19(8-9-22-13)15-14(23(17,20)21)2-1-7-18-15/h1-7,13H,8-10H2,(H2,17,20,21). The van der Waals surface area contributed by atoms with Crippen molar-refractivity contribution in [2.45, 2.75) is 11.0 Å². The number of anilines is 1. The second-order valence-electron chi connectivity index (χ2n) is 5.23. The Bertz CT molecular complexity index is 796. The maximum atomic E-state index is 11.8. The normalized spacial score (nSPS) is 18.9. The van der Waals surface area contributed by atoms with Crippen LogP contribution in [0.4, 0.5) is 5.82 Å². The zero-order chi connectivity index (χ0) is 16.4. The Morgan fingerprint density at radius 3 is 2.70 bits per heavy atom. The minimum Gasteiger partial charge on any atom is -0.370 e. The third-order valence-corrected chi connectivity index (χ3v) is 5.13. The van der Waals surface area contributed by atoms with Crippen LogP contribution in [0.1, 0.15) is 11.7 Å². The highest BCUT2D eigenvalue weighted by Gasteiger charge is 2.26. The molecular formula is C15H16BrN3O3S. The van der Waals surface area contributed by atoms with Crippen molar-refractivity contribution in [3.8, 4) is 0 Å². The molecule has 2 N–H and O–H groups in total. The summed E-state index contributed by atoms with van der Waals surface area (Å²) in [6.07, 6.45) is 1.42. The first-order valence-corrected chi connectivity index (χ1v) is 9.39. The number of rotatable bonds is 3. The van der Waals surface area contributed by atoms with Crippen LogP contribution >= 0.6 is 15.9 Å². The average Bonchev–Trinajstić information content (AvgIpc) is 2.55. The zero-order valence-corrected chi connectivity index (χ0v) is 14.6. The Labute approximate surface area is 143 Å². The predicted octanol–water partition coefficient (Wildman–Crippen LogP) is 2.07. The zero-order valence-electron chi connectivity index (χ0n) is 12.2. The van der Waals surface area contributed by atoms with E-state index < -0.39 is 10.0 Å². The van der Waals surface area contributed by atoms with Crippen LogP contribution in [0.15, 0.2) is 52.0 Å². The lowest BCUT2D eigenvalue weighted by atomic mass is 10.1. The van der Waals surface area contributed by atoms with Crippen molar-refractivity contribution in [1.29, 1.82) is 0 Å². The number of aromatic nitrogens is 1. The molecule has 1 aromatic heterocycles. The third-order valence-electron chi connectivity index (χ3n) is 3.67. The fourth-order valence-electron chi connectivity index (χ4n) is 2.56. The monoisotopic (exact) mass is 397 g/mol. The third kappa shape index (κ3) is 3.72. The summed E-state index contributed by atoms with van der Waals surface area (Å²) < 4.78 is 30.3. The number of ether oxygens (including phenoxy) is 1. The van der Waals surface area contributed by atoms with Gasteiger partial charge in [-0.15, -0.1) is 0 Å². The number of hydrogen-bond acceptors (Lipinski definition) is 5. The van der Waals surface area contributed by atoms with Gasteiger partial charge in [0.05, 0.1) is 6.61 Å². The fraction of sp³-hybridized carbons (Fsp3) is 0.267. The maximum absolute atomic E-state index is 11.8. The summed E-state index contributed by atoms with van der Waals surface area (Å²) in [4.78, 5) is 6.15.